The third kappa shape index (κ3) is 5.25. The number of nitrogen functional groups attached to an aromatic ring is 1. The number of methoxy groups -OCH3 is 1. The Bertz CT molecular complexity index is 1260. The largest absolute Gasteiger partial charge is 0.493 e. The third-order valence-electron chi connectivity index (χ3n) is 6.14. The molecule has 0 aliphatic carbocycles. The normalized spacial score (nSPS) is 17.7. The van der Waals surface area contributed by atoms with E-state index < -0.39 is 23.6 Å². The van der Waals surface area contributed by atoms with Gasteiger partial charge in [-0.2, -0.15) is 13.2 Å². The topological polar surface area (TPSA) is 91.5 Å². The molecule has 0 saturated carbocycles. The van der Waals surface area contributed by atoms with Gasteiger partial charge in [-0.1, -0.05) is 0 Å². The average Bonchev–Trinajstić information content (AvgIpc) is 3.34. The fourth-order valence-electron chi connectivity index (χ4n) is 4.34. The summed E-state index contributed by atoms with van der Waals surface area (Å²) in [7, 11) is 1.51. The van der Waals surface area contributed by atoms with Crippen molar-refractivity contribution in [2.24, 2.45) is 0 Å². The number of nitrogens with one attached hydrogen (secondary N) is 1. The van der Waals surface area contributed by atoms with Crippen molar-refractivity contribution in [3.63, 3.8) is 0 Å². The summed E-state index contributed by atoms with van der Waals surface area (Å²) in [4.78, 5) is 8.87. The first-order chi connectivity index (χ1) is 17.0. The summed E-state index contributed by atoms with van der Waals surface area (Å²) in [6.45, 7) is 5.80. The summed E-state index contributed by atoms with van der Waals surface area (Å²) in [5.41, 5.74) is 4.34. The van der Waals surface area contributed by atoms with Gasteiger partial charge in [-0.3, -0.25) is 0 Å². The van der Waals surface area contributed by atoms with E-state index in [4.69, 9.17) is 19.9 Å². The average molecular weight is 509 g/mol. The Kier molecular flexibility index (Phi) is 7.12. The van der Waals surface area contributed by atoms with Gasteiger partial charge in [0.2, 0.25) is 0 Å². The fraction of sp³-hybridized carbons (Fsp3) is 0.440. The summed E-state index contributed by atoms with van der Waals surface area (Å²) in [6.07, 6.45) is -3.33. The van der Waals surface area contributed by atoms with Crippen LogP contribution in [0.15, 0.2) is 24.3 Å². The van der Waals surface area contributed by atoms with Gasteiger partial charge in [-0.15, -0.1) is 0 Å². The first kappa shape index (κ1) is 25.7. The molecule has 1 aliphatic rings. The monoisotopic (exact) mass is 508 g/mol. The predicted octanol–water partition coefficient (Wildman–Crippen LogP) is 5.81. The molecule has 0 radical (unpaired) electrons. The molecular weight excluding hydrogens is 480 g/mol. The van der Waals surface area contributed by atoms with Gasteiger partial charge < -0.3 is 25.3 Å². The van der Waals surface area contributed by atoms with E-state index in [0.29, 0.717) is 46.7 Å². The van der Waals surface area contributed by atoms with Gasteiger partial charge in [0.1, 0.15) is 23.6 Å². The van der Waals surface area contributed by atoms with Gasteiger partial charge in [0, 0.05) is 29.3 Å². The first-order valence-corrected chi connectivity index (χ1v) is 11.5. The Hall–Kier alpha value is -3.34. The minimum Gasteiger partial charge on any atom is -0.493 e. The lowest BCUT2D eigenvalue weighted by Crippen LogP contribution is -2.28. The van der Waals surface area contributed by atoms with Crippen molar-refractivity contribution >= 4 is 22.4 Å². The van der Waals surface area contributed by atoms with Crippen LogP contribution in [-0.2, 0) is 10.9 Å². The number of anilines is 2. The quantitative estimate of drug-likeness (QED) is 0.308. The van der Waals surface area contributed by atoms with E-state index in [1.807, 2.05) is 6.92 Å². The minimum atomic E-state index is -4.88. The van der Waals surface area contributed by atoms with E-state index in [0.717, 1.165) is 12.8 Å². The van der Waals surface area contributed by atoms with Crippen LogP contribution in [0, 0.1) is 12.7 Å². The van der Waals surface area contributed by atoms with E-state index in [-0.39, 0.29) is 23.5 Å². The number of halogens is 4. The lowest BCUT2D eigenvalue weighted by atomic mass is 10.0. The molecule has 1 unspecified atom stereocenters. The molecule has 2 heterocycles. The lowest BCUT2D eigenvalue weighted by molar-refractivity contribution is -0.140. The van der Waals surface area contributed by atoms with Gasteiger partial charge >= 0.3 is 6.18 Å². The van der Waals surface area contributed by atoms with Gasteiger partial charge in [-0.05, 0) is 51.8 Å². The van der Waals surface area contributed by atoms with Crippen molar-refractivity contribution in [1.82, 2.24) is 9.97 Å². The molecule has 1 aromatic heterocycles. The summed E-state index contributed by atoms with van der Waals surface area (Å²) in [5.74, 6) is 0.219. The summed E-state index contributed by atoms with van der Waals surface area (Å²) in [5, 5.41) is 3.56. The zero-order chi connectivity index (χ0) is 26.2. The van der Waals surface area contributed by atoms with Gasteiger partial charge in [0.25, 0.3) is 0 Å². The molecule has 1 aliphatic heterocycles. The Morgan fingerprint density at radius 3 is 2.53 bits per heavy atom. The maximum absolute atomic E-state index is 14.9. The fourth-order valence-corrected chi connectivity index (χ4v) is 4.34. The summed E-state index contributed by atoms with van der Waals surface area (Å²) in [6, 6.07) is 4.26. The molecule has 0 amide bonds. The molecule has 7 nitrogen and oxygen atoms in total. The highest BCUT2D eigenvalue weighted by Crippen LogP contribution is 2.39. The zero-order valence-corrected chi connectivity index (χ0v) is 20.4. The predicted molar refractivity (Wildman–Crippen MR) is 128 cm³/mol. The van der Waals surface area contributed by atoms with Crippen molar-refractivity contribution in [2.45, 2.75) is 58.0 Å². The Balaban J connectivity index is 1.73. The van der Waals surface area contributed by atoms with Crippen molar-refractivity contribution in [2.75, 3.05) is 24.8 Å². The van der Waals surface area contributed by atoms with E-state index in [1.165, 1.54) is 20.1 Å². The highest BCUT2D eigenvalue weighted by Gasteiger charge is 2.36. The number of fused-ring (bicyclic) bond motifs is 1. The second-order valence-electron chi connectivity index (χ2n) is 8.85. The third-order valence-corrected chi connectivity index (χ3v) is 6.14. The van der Waals surface area contributed by atoms with Crippen LogP contribution < -0.4 is 20.5 Å². The molecule has 4 rings (SSSR count). The highest BCUT2D eigenvalue weighted by atomic mass is 19.4. The number of benzene rings is 2. The number of nitrogens with zero attached hydrogens (tertiary/aromatic N) is 2. The van der Waals surface area contributed by atoms with Crippen LogP contribution >= 0.6 is 0 Å². The van der Waals surface area contributed by atoms with Crippen LogP contribution in [-0.4, -0.2) is 35.9 Å². The van der Waals surface area contributed by atoms with E-state index >= 15 is 0 Å². The summed E-state index contributed by atoms with van der Waals surface area (Å²) >= 11 is 0. The van der Waals surface area contributed by atoms with Crippen molar-refractivity contribution in [1.29, 1.82) is 0 Å². The van der Waals surface area contributed by atoms with Crippen LogP contribution in [0.5, 0.6) is 11.5 Å². The van der Waals surface area contributed by atoms with Crippen LogP contribution in [0.4, 0.5) is 29.1 Å². The molecule has 0 bridgehead atoms. The van der Waals surface area contributed by atoms with Crippen LogP contribution in [0.25, 0.3) is 10.9 Å². The number of ether oxygens (including phenoxy) is 3. The molecular formula is C25H28F4N4O3. The van der Waals surface area contributed by atoms with Crippen molar-refractivity contribution < 1.29 is 31.8 Å². The number of aromatic nitrogens is 2. The number of hydrogen-bond acceptors (Lipinski definition) is 7. The Morgan fingerprint density at radius 1 is 1.14 bits per heavy atom. The highest BCUT2D eigenvalue weighted by molar-refractivity contribution is 5.92. The summed E-state index contributed by atoms with van der Waals surface area (Å²) < 4.78 is 72.2. The number of alkyl halides is 3. The number of hydrogen-bond donors (Lipinski definition) is 2. The Morgan fingerprint density at radius 2 is 1.89 bits per heavy atom. The van der Waals surface area contributed by atoms with Crippen LogP contribution in [0.3, 0.4) is 0 Å². The van der Waals surface area contributed by atoms with E-state index in [9.17, 15) is 17.6 Å². The smallest absolute Gasteiger partial charge is 0.419 e. The Labute approximate surface area is 206 Å². The number of aryl methyl sites for hydroxylation is 1. The van der Waals surface area contributed by atoms with Crippen molar-refractivity contribution in [3.05, 3.63) is 47.0 Å². The minimum absolute atomic E-state index is 0.0494. The maximum atomic E-state index is 14.9. The molecule has 194 valence electrons. The standard InChI is InChI=1S/C25H28F4N4O3/c1-12(16-8-15(30)9-18(23(16)26)25(27,28)29)31-24-17-10-22(36-13(2)20-6-5-7-35-20)21(34-4)11-19(17)32-14(3)33-24/h8-13,20H,5-7,30H2,1-4H3,(H,31,32,33)/t12-,13?,20-/m1/s1. The van der Waals surface area contributed by atoms with Gasteiger partial charge in [0.15, 0.2) is 11.5 Å². The van der Waals surface area contributed by atoms with Crippen LogP contribution in [0.1, 0.15) is 49.7 Å². The molecule has 3 N–H and O–H groups in total. The first-order valence-electron chi connectivity index (χ1n) is 11.5. The second-order valence-corrected chi connectivity index (χ2v) is 8.85. The molecule has 3 atom stereocenters. The molecule has 1 fully saturated rings. The lowest BCUT2D eigenvalue weighted by Gasteiger charge is -2.23. The molecule has 1 saturated heterocycles. The van der Waals surface area contributed by atoms with Gasteiger partial charge in [-0.25, -0.2) is 14.4 Å². The SMILES string of the molecule is COc1cc2nc(C)nc(N[C@H](C)c3cc(N)cc(C(F)(F)F)c3F)c2cc1OC(C)[C@H]1CCCO1. The molecule has 3 aromatic rings. The molecule has 11 heteroatoms. The molecule has 0 spiro atoms. The number of rotatable bonds is 7. The van der Waals surface area contributed by atoms with Crippen molar-refractivity contribution in [3.8, 4) is 11.5 Å². The zero-order valence-electron chi connectivity index (χ0n) is 20.4. The van der Waals surface area contributed by atoms with E-state index in [2.05, 4.69) is 15.3 Å². The molecule has 36 heavy (non-hydrogen) atoms. The van der Waals surface area contributed by atoms with E-state index in [1.54, 1.807) is 19.1 Å². The van der Waals surface area contributed by atoms with Crippen LogP contribution in [0.2, 0.25) is 0 Å². The maximum Gasteiger partial charge on any atom is 0.419 e. The number of nitrogens with two attached hydrogens (primary N) is 1. The second kappa shape index (κ2) is 9.96. The van der Waals surface area contributed by atoms with Gasteiger partial charge in [0.05, 0.1) is 30.3 Å². The molecule has 2 aromatic carbocycles.